The zero-order chi connectivity index (χ0) is 19.3. The number of carbonyl (C=O) groups is 2. The molecule has 0 aliphatic carbocycles. The molecule has 2 heterocycles. The number of carbonyl (C=O) groups excluding carboxylic acids is 2. The van der Waals surface area contributed by atoms with Gasteiger partial charge in [-0.1, -0.05) is 36.4 Å². The number of H-pyrrole nitrogens is 1. The number of hydrogen-bond donors (Lipinski definition) is 2. The Balaban J connectivity index is 1.23. The lowest BCUT2D eigenvalue weighted by atomic mass is 10.2. The van der Waals surface area contributed by atoms with Crippen LogP contribution in [0.25, 0.3) is 10.9 Å². The van der Waals surface area contributed by atoms with Gasteiger partial charge >= 0.3 is 0 Å². The summed E-state index contributed by atoms with van der Waals surface area (Å²) in [7, 11) is 0. The lowest BCUT2D eigenvalue weighted by molar-refractivity contribution is 0.0638. The van der Waals surface area contributed by atoms with Crippen LogP contribution in [0, 0.1) is 0 Å². The molecule has 0 radical (unpaired) electrons. The summed E-state index contributed by atoms with van der Waals surface area (Å²) in [5.41, 5.74) is 2.01. The van der Waals surface area contributed by atoms with E-state index >= 15 is 0 Å². The van der Waals surface area contributed by atoms with Gasteiger partial charge in [0.05, 0.1) is 5.52 Å². The van der Waals surface area contributed by atoms with Crippen LogP contribution in [0.2, 0.25) is 0 Å². The monoisotopic (exact) mass is 377 g/mol. The third-order valence-corrected chi connectivity index (χ3v) is 5.08. The number of rotatable bonds is 5. The smallest absolute Gasteiger partial charge is 0.272 e. The molecule has 2 aromatic carbocycles. The number of amides is 2. The molecule has 7 heteroatoms. The SMILES string of the molecule is O=C(NCCN1CCN(C(=O)c2ccccc2)CC1)c1n[nH]c2ccccc12. The predicted molar refractivity (Wildman–Crippen MR) is 107 cm³/mol. The van der Waals surface area contributed by atoms with Crippen molar-refractivity contribution >= 4 is 22.7 Å². The second-order valence-corrected chi connectivity index (χ2v) is 6.87. The molecule has 28 heavy (non-hydrogen) atoms. The molecule has 1 aromatic heterocycles. The van der Waals surface area contributed by atoms with Gasteiger partial charge in [-0.3, -0.25) is 19.6 Å². The van der Waals surface area contributed by atoms with Crippen LogP contribution >= 0.6 is 0 Å². The number of para-hydroxylation sites is 1. The van der Waals surface area contributed by atoms with E-state index in [1.807, 2.05) is 59.5 Å². The van der Waals surface area contributed by atoms with Gasteiger partial charge in [0.2, 0.25) is 0 Å². The zero-order valence-electron chi connectivity index (χ0n) is 15.6. The van der Waals surface area contributed by atoms with E-state index in [0.717, 1.165) is 36.1 Å². The molecule has 0 saturated carbocycles. The zero-order valence-corrected chi connectivity index (χ0v) is 15.6. The molecule has 2 amide bonds. The molecule has 1 aliphatic rings. The van der Waals surface area contributed by atoms with Gasteiger partial charge in [-0.15, -0.1) is 0 Å². The number of aromatic nitrogens is 2. The maximum Gasteiger partial charge on any atom is 0.272 e. The van der Waals surface area contributed by atoms with E-state index in [1.54, 1.807) is 0 Å². The number of piperazine rings is 1. The fourth-order valence-corrected chi connectivity index (χ4v) is 3.49. The Hall–Kier alpha value is -3.19. The first kappa shape index (κ1) is 18.2. The molecule has 0 bridgehead atoms. The van der Waals surface area contributed by atoms with E-state index in [0.29, 0.717) is 25.3 Å². The van der Waals surface area contributed by atoms with E-state index in [2.05, 4.69) is 20.4 Å². The van der Waals surface area contributed by atoms with Gasteiger partial charge in [-0.25, -0.2) is 0 Å². The highest BCUT2D eigenvalue weighted by Gasteiger charge is 2.22. The molecule has 144 valence electrons. The number of benzene rings is 2. The number of aromatic amines is 1. The molecule has 2 N–H and O–H groups in total. The van der Waals surface area contributed by atoms with Gasteiger partial charge in [0.15, 0.2) is 5.69 Å². The fraction of sp³-hybridized carbons (Fsp3) is 0.286. The van der Waals surface area contributed by atoms with Gasteiger partial charge < -0.3 is 10.2 Å². The summed E-state index contributed by atoms with van der Waals surface area (Å²) in [6, 6.07) is 17.0. The lowest BCUT2D eigenvalue weighted by Crippen LogP contribution is -2.50. The Kier molecular flexibility index (Phi) is 5.34. The van der Waals surface area contributed by atoms with Gasteiger partial charge in [-0.2, -0.15) is 5.10 Å². The quantitative estimate of drug-likeness (QED) is 0.710. The van der Waals surface area contributed by atoms with Crippen molar-refractivity contribution in [3.8, 4) is 0 Å². The van der Waals surface area contributed by atoms with Gasteiger partial charge in [0, 0.05) is 50.2 Å². The van der Waals surface area contributed by atoms with Crippen molar-refractivity contribution in [2.45, 2.75) is 0 Å². The molecule has 1 saturated heterocycles. The second kappa shape index (κ2) is 8.22. The third kappa shape index (κ3) is 3.89. The van der Waals surface area contributed by atoms with E-state index in [1.165, 1.54) is 0 Å². The Morgan fingerprint density at radius 1 is 0.964 bits per heavy atom. The minimum Gasteiger partial charge on any atom is -0.349 e. The summed E-state index contributed by atoms with van der Waals surface area (Å²) < 4.78 is 0. The van der Waals surface area contributed by atoms with Gasteiger partial charge in [-0.05, 0) is 18.2 Å². The third-order valence-electron chi connectivity index (χ3n) is 5.08. The summed E-state index contributed by atoms with van der Waals surface area (Å²) in [6.45, 7) is 4.31. The van der Waals surface area contributed by atoms with Crippen LogP contribution in [0.15, 0.2) is 54.6 Å². The molecule has 1 fully saturated rings. The van der Waals surface area contributed by atoms with Crippen LogP contribution in [-0.2, 0) is 0 Å². The van der Waals surface area contributed by atoms with Crippen molar-refractivity contribution in [2.75, 3.05) is 39.3 Å². The largest absolute Gasteiger partial charge is 0.349 e. The van der Waals surface area contributed by atoms with Crippen LogP contribution in [0.3, 0.4) is 0 Å². The maximum atomic E-state index is 12.5. The Bertz CT molecular complexity index is 961. The van der Waals surface area contributed by atoms with E-state index in [-0.39, 0.29) is 11.8 Å². The number of fused-ring (bicyclic) bond motifs is 1. The molecular formula is C21H23N5O2. The van der Waals surface area contributed by atoms with Crippen LogP contribution < -0.4 is 5.32 Å². The van der Waals surface area contributed by atoms with Gasteiger partial charge in [0.1, 0.15) is 0 Å². The summed E-state index contributed by atoms with van der Waals surface area (Å²) >= 11 is 0. The topological polar surface area (TPSA) is 81.3 Å². The van der Waals surface area contributed by atoms with Crippen molar-refractivity contribution in [1.29, 1.82) is 0 Å². The maximum absolute atomic E-state index is 12.5. The first-order chi connectivity index (χ1) is 13.7. The summed E-state index contributed by atoms with van der Waals surface area (Å²) in [4.78, 5) is 29.0. The average molecular weight is 377 g/mol. The highest BCUT2D eigenvalue weighted by Crippen LogP contribution is 2.14. The summed E-state index contributed by atoms with van der Waals surface area (Å²) in [5.74, 6) is -0.0886. The first-order valence-electron chi connectivity index (χ1n) is 9.50. The Morgan fingerprint density at radius 2 is 1.68 bits per heavy atom. The average Bonchev–Trinajstić information content (AvgIpc) is 3.19. The van der Waals surface area contributed by atoms with Crippen LogP contribution in [0.1, 0.15) is 20.8 Å². The molecule has 1 aliphatic heterocycles. The highest BCUT2D eigenvalue weighted by molar-refractivity contribution is 6.04. The number of nitrogens with zero attached hydrogens (tertiary/aromatic N) is 3. The first-order valence-corrected chi connectivity index (χ1v) is 9.50. The minimum absolute atomic E-state index is 0.0824. The normalized spacial score (nSPS) is 14.9. The van der Waals surface area contributed by atoms with Crippen molar-refractivity contribution in [1.82, 2.24) is 25.3 Å². The van der Waals surface area contributed by atoms with E-state index < -0.39 is 0 Å². The standard InChI is InChI=1S/C21H23N5O2/c27-20(19-17-8-4-5-9-18(17)23-24-19)22-10-11-25-12-14-26(15-13-25)21(28)16-6-2-1-3-7-16/h1-9H,10-15H2,(H,22,27)(H,23,24). The number of nitrogens with one attached hydrogen (secondary N) is 2. The second-order valence-electron chi connectivity index (χ2n) is 6.87. The molecule has 0 spiro atoms. The molecule has 7 nitrogen and oxygen atoms in total. The fourth-order valence-electron chi connectivity index (χ4n) is 3.49. The molecule has 4 rings (SSSR count). The predicted octanol–water partition coefficient (Wildman–Crippen LogP) is 1.75. The van der Waals surface area contributed by atoms with Crippen molar-refractivity contribution < 1.29 is 9.59 Å². The number of hydrogen-bond acceptors (Lipinski definition) is 4. The van der Waals surface area contributed by atoms with Crippen LogP contribution in [-0.4, -0.2) is 71.1 Å². The van der Waals surface area contributed by atoms with Gasteiger partial charge in [0.25, 0.3) is 11.8 Å². The van der Waals surface area contributed by atoms with E-state index in [4.69, 9.17) is 0 Å². The molecule has 0 atom stereocenters. The Morgan fingerprint density at radius 3 is 2.46 bits per heavy atom. The van der Waals surface area contributed by atoms with Crippen molar-refractivity contribution in [3.05, 3.63) is 65.9 Å². The molecule has 3 aromatic rings. The highest BCUT2D eigenvalue weighted by atomic mass is 16.2. The van der Waals surface area contributed by atoms with Crippen LogP contribution in [0.5, 0.6) is 0 Å². The van der Waals surface area contributed by atoms with Crippen molar-refractivity contribution in [2.24, 2.45) is 0 Å². The Labute approximate surface area is 163 Å². The van der Waals surface area contributed by atoms with Crippen LogP contribution in [0.4, 0.5) is 0 Å². The molecule has 0 unspecified atom stereocenters. The summed E-state index contributed by atoms with van der Waals surface area (Å²) in [6.07, 6.45) is 0. The lowest BCUT2D eigenvalue weighted by Gasteiger charge is -2.34. The molecular weight excluding hydrogens is 354 g/mol. The van der Waals surface area contributed by atoms with Crippen molar-refractivity contribution in [3.63, 3.8) is 0 Å². The van der Waals surface area contributed by atoms with E-state index in [9.17, 15) is 9.59 Å². The minimum atomic E-state index is -0.171. The summed E-state index contributed by atoms with van der Waals surface area (Å²) in [5, 5.41) is 10.8.